The van der Waals surface area contributed by atoms with E-state index in [1.807, 2.05) is 29.8 Å². The highest BCUT2D eigenvalue weighted by Crippen LogP contribution is 2.22. The van der Waals surface area contributed by atoms with Crippen molar-refractivity contribution in [3.63, 3.8) is 0 Å². The van der Waals surface area contributed by atoms with E-state index in [2.05, 4.69) is 4.98 Å². The lowest BCUT2D eigenvalue weighted by molar-refractivity contribution is 0.177. The maximum absolute atomic E-state index is 6.00. The van der Waals surface area contributed by atoms with Crippen LogP contribution in [0.5, 0.6) is 5.75 Å². The van der Waals surface area contributed by atoms with Crippen LogP contribution in [-0.4, -0.2) is 30.4 Å². The van der Waals surface area contributed by atoms with Crippen LogP contribution in [0, 0.1) is 0 Å². The molecule has 92 valence electrons. The Morgan fingerprint density at radius 3 is 2.82 bits per heavy atom. The van der Waals surface area contributed by atoms with Crippen LogP contribution in [0.4, 0.5) is 0 Å². The Balaban J connectivity index is 2.48. The molecule has 0 aliphatic heterocycles. The molecule has 0 saturated heterocycles. The molecule has 2 N–H and O–H groups in total. The van der Waals surface area contributed by atoms with Crippen molar-refractivity contribution in [1.82, 2.24) is 9.55 Å². The Kier molecular flexibility index (Phi) is 3.31. The average molecular weight is 235 g/mol. The van der Waals surface area contributed by atoms with Crippen molar-refractivity contribution < 1.29 is 9.47 Å². The number of imidazole rings is 1. The molecule has 1 aromatic heterocycles. The van der Waals surface area contributed by atoms with Gasteiger partial charge in [-0.3, -0.25) is 0 Å². The highest BCUT2D eigenvalue weighted by molar-refractivity contribution is 5.77. The number of aromatic nitrogens is 2. The zero-order chi connectivity index (χ0) is 12.4. The van der Waals surface area contributed by atoms with Crippen molar-refractivity contribution in [2.75, 3.05) is 20.8 Å². The summed E-state index contributed by atoms with van der Waals surface area (Å²) >= 11 is 0. The van der Waals surface area contributed by atoms with Crippen molar-refractivity contribution in [1.29, 1.82) is 0 Å². The van der Waals surface area contributed by atoms with Gasteiger partial charge in [0.1, 0.15) is 11.6 Å². The van der Waals surface area contributed by atoms with Gasteiger partial charge in [-0.25, -0.2) is 4.98 Å². The van der Waals surface area contributed by atoms with Gasteiger partial charge in [-0.15, -0.1) is 0 Å². The minimum Gasteiger partial charge on any atom is -0.497 e. The van der Waals surface area contributed by atoms with Gasteiger partial charge in [0, 0.05) is 20.2 Å². The number of aryl methyl sites for hydroxylation is 1. The van der Waals surface area contributed by atoms with Gasteiger partial charge in [-0.05, 0) is 12.1 Å². The molecule has 2 aromatic rings. The van der Waals surface area contributed by atoms with Gasteiger partial charge in [-0.2, -0.15) is 0 Å². The Morgan fingerprint density at radius 1 is 1.41 bits per heavy atom. The van der Waals surface area contributed by atoms with E-state index in [1.54, 1.807) is 14.2 Å². The maximum Gasteiger partial charge on any atom is 0.128 e. The minimum atomic E-state index is -0.219. The topological polar surface area (TPSA) is 62.3 Å². The average Bonchev–Trinajstić information content (AvgIpc) is 2.66. The van der Waals surface area contributed by atoms with Gasteiger partial charge in [0.2, 0.25) is 0 Å². The molecule has 0 fully saturated rings. The van der Waals surface area contributed by atoms with E-state index < -0.39 is 0 Å². The molecule has 1 heterocycles. The van der Waals surface area contributed by atoms with Gasteiger partial charge in [0.15, 0.2) is 0 Å². The molecule has 0 saturated carbocycles. The Labute approximate surface area is 100 Å². The number of benzene rings is 1. The standard InChI is InChI=1S/C12H17N3O2/c1-15-11-5-4-8(17-3)6-10(11)14-12(15)9(13)7-16-2/h4-6,9H,7,13H2,1-3H3. The Bertz CT molecular complexity index is 522. The number of hydrogen-bond acceptors (Lipinski definition) is 4. The fraction of sp³-hybridized carbons (Fsp3) is 0.417. The summed E-state index contributed by atoms with van der Waals surface area (Å²) in [7, 11) is 5.22. The summed E-state index contributed by atoms with van der Waals surface area (Å²) in [5.41, 5.74) is 7.92. The van der Waals surface area contributed by atoms with Crippen molar-refractivity contribution in [3.8, 4) is 5.75 Å². The molecule has 0 radical (unpaired) electrons. The smallest absolute Gasteiger partial charge is 0.128 e. The third-order valence-electron chi connectivity index (χ3n) is 2.80. The summed E-state index contributed by atoms with van der Waals surface area (Å²) in [4.78, 5) is 4.52. The van der Waals surface area contributed by atoms with Crippen molar-refractivity contribution in [2.45, 2.75) is 6.04 Å². The van der Waals surface area contributed by atoms with Crippen LogP contribution in [0.25, 0.3) is 11.0 Å². The predicted octanol–water partition coefficient (Wildman–Crippen LogP) is 1.23. The van der Waals surface area contributed by atoms with Gasteiger partial charge in [0.25, 0.3) is 0 Å². The van der Waals surface area contributed by atoms with Crippen LogP contribution in [0.2, 0.25) is 0 Å². The molecule has 0 aliphatic rings. The highest BCUT2D eigenvalue weighted by Gasteiger charge is 2.14. The zero-order valence-electron chi connectivity index (χ0n) is 10.3. The molecular formula is C12H17N3O2. The zero-order valence-corrected chi connectivity index (χ0v) is 10.3. The number of rotatable bonds is 4. The first-order valence-electron chi connectivity index (χ1n) is 5.42. The lowest BCUT2D eigenvalue weighted by Gasteiger charge is -2.09. The largest absolute Gasteiger partial charge is 0.497 e. The SMILES string of the molecule is COCC(N)c1nc2cc(OC)ccc2n1C. The number of ether oxygens (including phenoxy) is 2. The number of nitrogens with zero attached hydrogens (tertiary/aromatic N) is 2. The monoisotopic (exact) mass is 235 g/mol. The third kappa shape index (κ3) is 2.11. The fourth-order valence-corrected chi connectivity index (χ4v) is 1.91. The molecule has 5 nitrogen and oxygen atoms in total. The van der Waals surface area contributed by atoms with Gasteiger partial charge < -0.3 is 19.8 Å². The summed E-state index contributed by atoms with van der Waals surface area (Å²) in [6.45, 7) is 0.453. The molecular weight excluding hydrogens is 218 g/mol. The molecule has 2 rings (SSSR count). The van der Waals surface area contributed by atoms with Gasteiger partial charge in [0.05, 0.1) is 30.8 Å². The molecule has 1 aromatic carbocycles. The van der Waals surface area contributed by atoms with Crippen molar-refractivity contribution in [3.05, 3.63) is 24.0 Å². The van der Waals surface area contributed by atoms with Gasteiger partial charge in [-0.1, -0.05) is 0 Å². The fourth-order valence-electron chi connectivity index (χ4n) is 1.91. The Morgan fingerprint density at radius 2 is 2.18 bits per heavy atom. The first kappa shape index (κ1) is 11.9. The maximum atomic E-state index is 6.00. The van der Waals surface area contributed by atoms with E-state index in [0.29, 0.717) is 6.61 Å². The highest BCUT2D eigenvalue weighted by atomic mass is 16.5. The van der Waals surface area contributed by atoms with Crippen molar-refractivity contribution in [2.24, 2.45) is 12.8 Å². The number of methoxy groups -OCH3 is 2. The summed E-state index contributed by atoms with van der Waals surface area (Å²) in [5, 5.41) is 0. The first-order valence-corrected chi connectivity index (χ1v) is 5.42. The van der Waals surface area contributed by atoms with Gasteiger partial charge >= 0.3 is 0 Å². The van der Waals surface area contributed by atoms with Crippen molar-refractivity contribution >= 4 is 11.0 Å². The van der Waals surface area contributed by atoms with Crippen LogP contribution >= 0.6 is 0 Å². The first-order chi connectivity index (χ1) is 8.17. The number of fused-ring (bicyclic) bond motifs is 1. The molecule has 17 heavy (non-hydrogen) atoms. The number of nitrogens with two attached hydrogens (primary N) is 1. The number of hydrogen-bond donors (Lipinski definition) is 1. The van der Waals surface area contributed by atoms with Crippen LogP contribution in [0.1, 0.15) is 11.9 Å². The van der Waals surface area contributed by atoms with Crippen LogP contribution < -0.4 is 10.5 Å². The summed E-state index contributed by atoms with van der Waals surface area (Å²) in [6, 6.07) is 5.57. The van der Waals surface area contributed by atoms with E-state index in [4.69, 9.17) is 15.2 Å². The molecule has 5 heteroatoms. The molecule has 0 spiro atoms. The molecule has 0 amide bonds. The molecule has 1 unspecified atom stereocenters. The van der Waals surface area contributed by atoms with E-state index in [1.165, 1.54) is 0 Å². The second-order valence-electron chi connectivity index (χ2n) is 3.95. The summed E-state index contributed by atoms with van der Waals surface area (Å²) in [6.07, 6.45) is 0. The molecule has 1 atom stereocenters. The second kappa shape index (κ2) is 4.73. The summed E-state index contributed by atoms with van der Waals surface area (Å²) in [5.74, 6) is 1.61. The lowest BCUT2D eigenvalue weighted by atomic mass is 10.3. The van der Waals surface area contributed by atoms with E-state index in [9.17, 15) is 0 Å². The quantitative estimate of drug-likeness (QED) is 0.865. The van der Waals surface area contributed by atoms with E-state index >= 15 is 0 Å². The lowest BCUT2D eigenvalue weighted by Crippen LogP contribution is -2.20. The molecule has 0 aliphatic carbocycles. The predicted molar refractivity (Wildman–Crippen MR) is 66.1 cm³/mol. The van der Waals surface area contributed by atoms with Crippen LogP contribution in [0.3, 0.4) is 0 Å². The summed E-state index contributed by atoms with van der Waals surface area (Å²) < 4.78 is 12.2. The van der Waals surface area contributed by atoms with Crippen LogP contribution in [0.15, 0.2) is 18.2 Å². The van der Waals surface area contributed by atoms with E-state index in [0.717, 1.165) is 22.6 Å². The van der Waals surface area contributed by atoms with Crippen LogP contribution in [-0.2, 0) is 11.8 Å². The normalized spacial score (nSPS) is 12.9. The van der Waals surface area contributed by atoms with E-state index in [-0.39, 0.29) is 6.04 Å². The third-order valence-corrected chi connectivity index (χ3v) is 2.80. The second-order valence-corrected chi connectivity index (χ2v) is 3.95. The molecule has 0 bridgehead atoms. The Hall–Kier alpha value is -1.59. The minimum absolute atomic E-state index is 0.219.